The van der Waals surface area contributed by atoms with Gasteiger partial charge in [0.1, 0.15) is 0 Å². The maximum atomic E-state index is 7.26. The van der Waals surface area contributed by atoms with Gasteiger partial charge in [0.25, 0.3) is 0 Å². The van der Waals surface area contributed by atoms with Crippen molar-refractivity contribution < 1.29 is 4.74 Å². The van der Waals surface area contributed by atoms with E-state index >= 15 is 0 Å². The van der Waals surface area contributed by atoms with E-state index in [-0.39, 0.29) is 0 Å². The van der Waals surface area contributed by atoms with Gasteiger partial charge in [0.2, 0.25) is 0 Å². The van der Waals surface area contributed by atoms with Gasteiger partial charge in [0.05, 0.1) is 13.2 Å². The lowest BCUT2D eigenvalue weighted by molar-refractivity contribution is 0.161. The smallest absolute Gasteiger partial charge is 0.0653 e. The Hall–Kier alpha value is -1.61. The summed E-state index contributed by atoms with van der Waals surface area (Å²) in [6.45, 7) is 3.51. The van der Waals surface area contributed by atoms with Crippen LogP contribution in [0.5, 0.6) is 0 Å². The van der Waals surface area contributed by atoms with Crippen LogP contribution in [0.25, 0.3) is 5.57 Å². The van der Waals surface area contributed by atoms with E-state index in [4.69, 9.17) is 15.9 Å². The lowest BCUT2D eigenvalue weighted by Crippen LogP contribution is -2.06. The summed E-state index contributed by atoms with van der Waals surface area (Å²) < 4.78 is 5.29. The van der Waals surface area contributed by atoms with Crippen molar-refractivity contribution in [3.8, 4) is 0 Å². The van der Waals surface area contributed by atoms with E-state index in [0.29, 0.717) is 12.3 Å². The molecule has 0 unspecified atom stereocenters. The fourth-order valence-electron chi connectivity index (χ4n) is 1.99. The molecule has 2 rings (SSSR count). The molecule has 84 valence electrons. The number of nitrogens with one attached hydrogen (secondary N) is 1. The number of hydrogen-bond donors (Lipinski definition) is 2. The van der Waals surface area contributed by atoms with Crippen LogP contribution < -0.4 is 5.73 Å². The molecule has 1 aromatic carbocycles. The molecule has 0 saturated heterocycles. The van der Waals surface area contributed by atoms with Crippen LogP contribution in [0, 0.1) is 12.3 Å². The highest BCUT2D eigenvalue weighted by atomic mass is 16.5. The molecule has 3 heteroatoms. The lowest BCUT2D eigenvalue weighted by Gasteiger charge is -2.17. The van der Waals surface area contributed by atoms with E-state index in [1.165, 1.54) is 22.9 Å². The molecular formula is C13H16N2O. The standard InChI is InChI=1S/C13H16N2O/c1-9-6-11(8-14)13(15)7-12(9)10-2-4-16-5-3-10/h2,6-8,14H,3-5,15H2,1H3. The fraction of sp³-hybridized carbons (Fsp3) is 0.308. The van der Waals surface area contributed by atoms with E-state index in [0.717, 1.165) is 18.6 Å². The number of anilines is 1. The molecule has 0 saturated carbocycles. The van der Waals surface area contributed by atoms with Crippen molar-refractivity contribution in [2.45, 2.75) is 13.3 Å². The quantitative estimate of drug-likeness (QED) is 0.589. The minimum Gasteiger partial charge on any atom is -0.398 e. The van der Waals surface area contributed by atoms with Crippen LogP contribution in [0.1, 0.15) is 23.1 Å². The first-order valence-electron chi connectivity index (χ1n) is 5.40. The summed E-state index contributed by atoms with van der Waals surface area (Å²) in [6.07, 6.45) is 4.34. The largest absolute Gasteiger partial charge is 0.398 e. The SMILES string of the molecule is Cc1cc(C=N)c(N)cc1C1=CCOCC1. The van der Waals surface area contributed by atoms with Crippen LogP contribution in [0.15, 0.2) is 18.2 Å². The van der Waals surface area contributed by atoms with Gasteiger partial charge < -0.3 is 15.9 Å². The number of ether oxygens (including phenoxy) is 1. The zero-order chi connectivity index (χ0) is 11.5. The normalized spacial score (nSPS) is 15.7. The molecule has 1 aromatic rings. The predicted octanol–water partition coefficient (Wildman–Crippen LogP) is 2.38. The molecule has 3 nitrogen and oxygen atoms in total. The number of rotatable bonds is 2. The highest BCUT2D eigenvalue weighted by molar-refractivity contribution is 5.87. The number of aryl methyl sites for hydroxylation is 1. The van der Waals surface area contributed by atoms with Crippen molar-refractivity contribution in [3.05, 3.63) is 34.9 Å². The maximum Gasteiger partial charge on any atom is 0.0653 e. The van der Waals surface area contributed by atoms with Crippen molar-refractivity contribution >= 4 is 17.5 Å². The molecule has 1 aliphatic rings. The number of benzene rings is 1. The molecule has 0 spiro atoms. The average molecular weight is 216 g/mol. The van der Waals surface area contributed by atoms with Gasteiger partial charge in [-0.1, -0.05) is 6.08 Å². The van der Waals surface area contributed by atoms with E-state index < -0.39 is 0 Å². The number of nitrogens with two attached hydrogens (primary N) is 1. The molecule has 0 amide bonds. The Morgan fingerprint density at radius 1 is 1.44 bits per heavy atom. The molecule has 3 N–H and O–H groups in total. The van der Waals surface area contributed by atoms with E-state index in [1.54, 1.807) is 0 Å². The Kier molecular flexibility index (Phi) is 3.06. The van der Waals surface area contributed by atoms with Crippen molar-refractivity contribution in [1.82, 2.24) is 0 Å². The first kappa shape index (κ1) is 10.9. The van der Waals surface area contributed by atoms with Gasteiger partial charge in [-0.25, -0.2) is 0 Å². The van der Waals surface area contributed by atoms with Crippen LogP contribution in [0.2, 0.25) is 0 Å². The van der Waals surface area contributed by atoms with E-state index in [1.807, 2.05) is 12.1 Å². The second-order valence-corrected chi connectivity index (χ2v) is 3.99. The van der Waals surface area contributed by atoms with Crippen LogP contribution in [0.3, 0.4) is 0 Å². The molecule has 16 heavy (non-hydrogen) atoms. The Morgan fingerprint density at radius 3 is 2.88 bits per heavy atom. The molecule has 1 aliphatic heterocycles. The van der Waals surface area contributed by atoms with Gasteiger partial charge in [-0.05, 0) is 42.2 Å². The molecule has 0 aromatic heterocycles. The van der Waals surface area contributed by atoms with Gasteiger partial charge in [-0.3, -0.25) is 0 Å². The Bertz CT molecular complexity index is 449. The Balaban J connectivity index is 2.45. The number of hydrogen-bond acceptors (Lipinski definition) is 3. The van der Waals surface area contributed by atoms with Gasteiger partial charge in [-0.2, -0.15) is 0 Å². The summed E-state index contributed by atoms with van der Waals surface area (Å²) in [6, 6.07) is 3.93. The first-order chi connectivity index (χ1) is 7.72. The second kappa shape index (κ2) is 4.49. The number of nitrogen functional groups attached to an aromatic ring is 1. The summed E-state index contributed by atoms with van der Waals surface area (Å²) in [4.78, 5) is 0. The first-order valence-corrected chi connectivity index (χ1v) is 5.40. The minimum atomic E-state index is 0.669. The van der Waals surface area contributed by atoms with Crippen LogP contribution in [-0.2, 0) is 4.74 Å². The van der Waals surface area contributed by atoms with Gasteiger partial charge in [0.15, 0.2) is 0 Å². The zero-order valence-electron chi connectivity index (χ0n) is 9.42. The van der Waals surface area contributed by atoms with Crippen molar-refractivity contribution in [1.29, 1.82) is 5.41 Å². The monoisotopic (exact) mass is 216 g/mol. The average Bonchev–Trinajstić information content (AvgIpc) is 2.32. The molecule has 1 heterocycles. The molecule has 0 aliphatic carbocycles. The third kappa shape index (κ3) is 1.99. The van der Waals surface area contributed by atoms with E-state index in [2.05, 4.69) is 13.0 Å². The van der Waals surface area contributed by atoms with E-state index in [9.17, 15) is 0 Å². The minimum absolute atomic E-state index is 0.669. The van der Waals surface area contributed by atoms with Gasteiger partial charge >= 0.3 is 0 Å². The van der Waals surface area contributed by atoms with Crippen molar-refractivity contribution in [2.24, 2.45) is 0 Å². The molecule has 0 fully saturated rings. The van der Waals surface area contributed by atoms with Crippen molar-refractivity contribution in [3.63, 3.8) is 0 Å². The summed E-state index contributed by atoms with van der Waals surface area (Å²) in [7, 11) is 0. The summed E-state index contributed by atoms with van der Waals surface area (Å²) in [5.74, 6) is 0. The molecular weight excluding hydrogens is 200 g/mol. The lowest BCUT2D eigenvalue weighted by atomic mass is 9.94. The van der Waals surface area contributed by atoms with Gasteiger partial charge in [-0.15, -0.1) is 0 Å². The summed E-state index contributed by atoms with van der Waals surface area (Å²) in [5, 5.41) is 7.26. The molecule has 0 bridgehead atoms. The molecule has 0 radical (unpaired) electrons. The van der Waals surface area contributed by atoms with Crippen LogP contribution >= 0.6 is 0 Å². The van der Waals surface area contributed by atoms with Gasteiger partial charge in [0, 0.05) is 17.5 Å². The highest BCUT2D eigenvalue weighted by Gasteiger charge is 2.10. The Labute approximate surface area is 95.4 Å². The molecule has 0 atom stereocenters. The third-order valence-electron chi connectivity index (χ3n) is 2.89. The second-order valence-electron chi connectivity index (χ2n) is 3.99. The van der Waals surface area contributed by atoms with Crippen LogP contribution in [0.4, 0.5) is 5.69 Å². The van der Waals surface area contributed by atoms with Crippen LogP contribution in [-0.4, -0.2) is 19.4 Å². The maximum absolute atomic E-state index is 7.26. The van der Waals surface area contributed by atoms with Crippen molar-refractivity contribution in [2.75, 3.05) is 18.9 Å². The topological polar surface area (TPSA) is 59.1 Å². The predicted molar refractivity (Wildman–Crippen MR) is 66.9 cm³/mol. The highest BCUT2D eigenvalue weighted by Crippen LogP contribution is 2.27. The zero-order valence-corrected chi connectivity index (χ0v) is 9.42. The summed E-state index contributed by atoms with van der Waals surface area (Å²) in [5.41, 5.74) is 11.0. The fourth-order valence-corrected chi connectivity index (χ4v) is 1.99. The third-order valence-corrected chi connectivity index (χ3v) is 2.89. The summed E-state index contributed by atoms with van der Waals surface area (Å²) >= 11 is 0. The Morgan fingerprint density at radius 2 is 2.25 bits per heavy atom.